The molecule has 1 aromatic rings. The second-order valence-electron chi connectivity index (χ2n) is 3.66. The molecule has 1 aliphatic rings. The van der Waals surface area contributed by atoms with Gasteiger partial charge in [0.15, 0.2) is 4.33 Å². The first kappa shape index (κ1) is 11.7. The zero-order valence-corrected chi connectivity index (χ0v) is 9.78. The summed E-state index contributed by atoms with van der Waals surface area (Å²) in [4.78, 5) is 0. The fourth-order valence-corrected chi connectivity index (χ4v) is 1.92. The fourth-order valence-electron chi connectivity index (χ4n) is 1.58. The van der Waals surface area contributed by atoms with Crippen molar-refractivity contribution in [2.24, 2.45) is 0 Å². The lowest BCUT2D eigenvalue weighted by molar-refractivity contribution is -0.0656. The number of hydrogen-bond acceptors (Lipinski definition) is 2. The van der Waals surface area contributed by atoms with Crippen LogP contribution in [0.2, 0.25) is 0 Å². The maximum Gasteiger partial charge on any atom is 0.210 e. The first-order valence-corrected chi connectivity index (χ1v) is 5.48. The lowest BCUT2D eigenvalue weighted by atomic mass is 9.92. The third-order valence-electron chi connectivity index (χ3n) is 2.36. The normalized spacial score (nSPS) is 21.6. The van der Waals surface area contributed by atoms with Crippen LogP contribution < -0.4 is 0 Å². The Bertz CT molecular complexity index is 447. The van der Waals surface area contributed by atoms with Gasteiger partial charge >= 0.3 is 0 Å². The highest BCUT2D eigenvalue weighted by Crippen LogP contribution is 2.38. The molecule has 0 atom stereocenters. The van der Waals surface area contributed by atoms with Crippen molar-refractivity contribution < 1.29 is 10.2 Å². The van der Waals surface area contributed by atoms with Crippen molar-refractivity contribution in [1.29, 1.82) is 0 Å². The summed E-state index contributed by atoms with van der Waals surface area (Å²) in [7, 11) is 0. The molecular formula is C12H10Cl2O2. The molecule has 0 spiro atoms. The van der Waals surface area contributed by atoms with Gasteiger partial charge in [-0.25, -0.2) is 0 Å². The zero-order chi connectivity index (χ0) is 11.8. The minimum Gasteiger partial charge on any atom is -0.359 e. The van der Waals surface area contributed by atoms with Crippen LogP contribution in [0.15, 0.2) is 48.6 Å². The van der Waals surface area contributed by atoms with E-state index >= 15 is 0 Å². The number of halogens is 2. The van der Waals surface area contributed by atoms with Gasteiger partial charge < -0.3 is 10.2 Å². The first-order chi connectivity index (χ1) is 7.41. The zero-order valence-electron chi connectivity index (χ0n) is 8.27. The van der Waals surface area contributed by atoms with E-state index in [0.29, 0.717) is 5.56 Å². The van der Waals surface area contributed by atoms with Crippen LogP contribution in [0.5, 0.6) is 0 Å². The monoisotopic (exact) mass is 256 g/mol. The van der Waals surface area contributed by atoms with Gasteiger partial charge in [0, 0.05) is 5.57 Å². The quantitative estimate of drug-likeness (QED) is 0.461. The molecular weight excluding hydrogens is 247 g/mol. The van der Waals surface area contributed by atoms with Crippen LogP contribution in [0.25, 0.3) is 5.57 Å². The van der Waals surface area contributed by atoms with Crippen molar-refractivity contribution in [3.05, 3.63) is 54.1 Å². The van der Waals surface area contributed by atoms with Crippen molar-refractivity contribution >= 4 is 28.8 Å². The van der Waals surface area contributed by atoms with E-state index in [9.17, 15) is 10.2 Å². The summed E-state index contributed by atoms with van der Waals surface area (Å²) in [5.41, 5.74) is 0.947. The van der Waals surface area contributed by atoms with Crippen molar-refractivity contribution in [3.63, 3.8) is 0 Å². The highest BCUT2D eigenvalue weighted by atomic mass is 35.5. The van der Waals surface area contributed by atoms with Gasteiger partial charge in [-0.05, 0) is 23.8 Å². The Hall–Kier alpha value is -0.800. The molecule has 0 amide bonds. The summed E-state index contributed by atoms with van der Waals surface area (Å²) in [6.07, 6.45) is 3.93. The summed E-state index contributed by atoms with van der Waals surface area (Å²) in [5, 5.41) is 19.6. The van der Waals surface area contributed by atoms with Gasteiger partial charge in [-0.15, -0.1) is 0 Å². The Labute approximate surface area is 103 Å². The minimum atomic E-state index is -2.03. The fraction of sp³-hybridized carbons (Fsp3) is 0.167. The van der Waals surface area contributed by atoms with E-state index in [0.717, 1.165) is 0 Å². The number of hydrogen-bond donors (Lipinski definition) is 2. The Morgan fingerprint density at radius 3 is 2.19 bits per heavy atom. The number of alkyl halides is 2. The Balaban J connectivity index is 2.50. The van der Waals surface area contributed by atoms with Gasteiger partial charge in [0.2, 0.25) is 5.79 Å². The maximum absolute atomic E-state index is 9.80. The SMILES string of the molecule is OC1(O)C=CC(Cl)(Cl)C=C1c1ccccc1. The molecule has 0 bridgehead atoms. The molecule has 2 N–H and O–H groups in total. The van der Waals surface area contributed by atoms with Crippen molar-refractivity contribution in [3.8, 4) is 0 Å². The van der Waals surface area contributed by atoms with Crippen molar-refractivity contribution in [2.45, 2.75) is 10.1 Å². The largest absolute Gasteiger partial charge is 0.359 e. The van der Waals surface area contributed by atoms with E-state index in [-0.39, 0.29) is 5.57 Å². The average molecular weight is 257 g/mol. The number of rotatable bonds is 1. The van der Waals surface area contributed by atoms with Gasteiger partial charge in [-0.1, -0.05) is 53.5 Å². The van der Waals surface area contributed by atoms with Crippen LogP contribution in [-0.4, -0.2) is 20.3 Å². The highest BCUT2D eigenvalue weighted by molar-refractivity contribution is 6.51. The lowest BCUT2D eigenvalue weighted by Crippen LogP contribution is -2.32. The van der Waals surface area contributed by atoms with Crippen LogP contribution >= 0.6 is 23.2 Å². The summed E-state index contributed by atoms with van der Waals surface area (Å²) >= 11 is 11.8. The summed E-state index contributed by atoms with van der Waals surface area (Å²) in [6, 6.07) is 8.96. The Kier molecular flexibility index (Phi) is 2.84. The standard InChI is InChI=1S/C12H10Cl2O2/c13-11(14)6-7-12(15,16)10(8-11)9-4-2-1-3-5-9/h1-8,15-16H. The predicted octanol–water partition coefficient (Wildman–Crippen LogP) is 2.49. The van der Waals surface area contributed by atoms with Crippen LogP contribution in [0.1, 0.15) is 5.56 Å². The van der Waals surface area contributed by atoms with Crippen molar-refractivity contribution in [2.75, 3.05) is 0 Å². The summed E-state index contributed by atoms with van der Waals surface area (Å²) < 4.78 is -1.21. The van der Waals surface area contributed by atoms with Gasteiger partial charge in [0.1, 0.15) is 0 Å². The van der Waals surface area contributed by atoms with Crippen LogP contribution in [-0.2, 0) is 0 Å². The molecule has 0 unspecified atom stereocenters. The van der Waals surface area contributed by atoms with E-state index in [1.807, 2.05) is 6.07 Å². The molecule has 0 fully saturated rings. The molecule has 0 heterocycles. The molecule has 4 heteroatoms. The van der Waals surface area contributed by atoms with Crippen LogP contribution in [0.4, 0.5) is 0 Å². The Morgan fingerprint density at radius 2 is 1.56 bits per heavy atom. The first-order valence-electron chi connectivity index (χ1n) is 4.72. The smallest absolute Gasteiger partial charge is 0.210 e. The minimum absolute atomic E-state index is 0.278. The predicted molar refractivity (Wildman–Crippen MR) is 65.2 cm³/mol. The number of aliphatic hydroxyl groups is 2. The number of allylic oxidation sites excluding steroid dienone is 2. The second kappa shape index (κ2) is 3.90. The average Bonchev–Trinajstić information content (AvgIpc) is 2.24. The third-order valence-corrected chi connectivity index (χ3v) is 2.83. The molecule has 1 aromatic carbocycles. The van der Waals surface area contributed by atoms with E-state index in [2.05, 4.69) is 0 Å². The van der Waals surface area contributed by atoms with Gasteiger partial charge in [-0.3, -0.25) is 0 Å². The molecule has 0 radical (unpaired) electrons. The van der Waals surface area contributed by atoms with Crippen molar-refractivity contribution in [1.82, 2.24) is 0 Å². The molecule has 2 rings (SSSR count). The van der Waals surface area contributed by atoms with Gasteiger partial charge in [0.25, 0.3) is 0 Å². The molecule has 0 saturated carbocycles. The van der Waals surface area contributed by atoms with E-state index in [1.54, 1.807) is 24.3 Å². The highest BCUT2D eigenvalue weighted by Gasteiger charge is 2.35. The summed E-state index contributed by atoms with van der Waals surface area (Å²) in [6.45, 7) is 0. The lowest BCUT2D eigenvalue weighted by Gasteiger charge is -2.28. The molecule has 16 heavy (non-hydrogen) atoms. The molecule has 84 valence electrons. The molecule has 2 nitrogen and oxygen atoms in total. The van der Waals surface area contributed by atoms with Gasteiger partial charge in [-0.2, -0.15) is 0 Å². The number of benzene rings is 1. The van der Waals surface area contributed by atoms with Crippen LogP contribution in [0.3, 0.4) is 0 Å². The van der Waals surface area contributed by atoms with Gasteiger partial charge in [0.05, 0.1) is 0 Å². The van der Waals surface area contributed by atoms with E-state index in [1.165, 1.54) is 18.2 Å². The van der Waals surface area contributed by atoms with Crippen LogP contribution in [0, 0.1) is 0 Å². The molecule has 0 aliphatic heterocycles. The molecule has 0 aromatic heterocycles. The second-order valence-corrected chi connectivity index (χ2v) is 5.10. The molecule has 1 aliphatic carbocycles. The third kappa shape index (κ3) is 2.30. The van der Waals surface area contributed by atoms with E-state index < -0.39 is 10.1 Å². The molecule has 0 saturated heterocycles. The maximum atomic E-state index is 9.80. The van der Waals surface area contributed by atoms with E-state index in [4.69, 9.17) is 23.2 Å². The summed E-state index contributed by atoms with van der Waals surface area (Å²) in [5.74, 6) is -2.03. The Morgan fingerprint density at radius 1 is 0.938 bits per heavy atom. The topological polar surface area (TPSA) is 40.5 Å².